The molecular weight excluding hydrogens is 1470 g/mol. The summed E-state index contributed by atoms with van der Waals surface area (Å²) < 4.78 is 60.7. The number of rotatable bonds is 26. The average molecular weight is 1610 g/mol. The monoisotopic (exact) mass is 1610 g/mol. The zero-order valence-electron chi connectivity index (χ0n) is 72.0. The van der Waals surface area contributed by atoms with Crippen molar-refractivity contribution in [2.75, 3.05) is 13.2 Å². The lowest BCUT2D eigenvalue weighted by atomic mass is 9.48. The molecular formula is C97H142O19. The third-order valence-corrected chi connectivity index (χ3v) is 31.9. The molecule has 0 N–H and O–H groups in total. The summed E-state index contributed by atoms with van der Waals surface area (Å²) in [7, 11) is 0. The van der Waals surface area contributed by atoms with Gasteiger partial charge >= 0.3 is 41.8 Å². The van der Waals surface area contributed by atoms with Gasteiger partial charge in [-0.3, -0.25) is 9.59 Å². The van der Waals surface area contributed by atoms with Gasteiger partial charge < -0.3 is 52.1 Å². The maximum Gasteiger partial charge on any atom is 0.335 e. The maximum atomic E-state index is 12.6. The number of carbonyl (C=O) groups is 8. The topological polar surface area (TPSA) is 238 Å². The smallest absolute Gasteiger partial charge is 0.335 e. The van der Waals surface area contributed by atoms with Crippen molar-refractivity contribution in [3.8, 4) is 0 Å². The highest BCUT2D eigenvalue weighted by molar-refractivity contribution is 5.89. The van der Waals surface area contributed by atoms with E-state index in [0.29, 0.717) is 106 Å². The van der Waals surface area contributed by atoms with Crippen molar-refractivity contribution < 1.29 is 90.5 Å². The highest BCUT2D eigenvalue weighted by Crippen LogP contribution is 2.69. The van der Waals surface area contributed by atoms with Crippen molar-refractivity contribution in [3.63, 3.8) is 0 Å². The van der Waals surface area contributed by atoms with E-state index in [-0.39, 0.29) is 60.5 Å². The summed E-state index contributed by atoms with van der Waals surface area (Å²) in [5, 5.41) is 0. The van der Waals surface area contributed by atoms with Crippen LogP contribution in [0.2, 0.25) is 0 Å². The van der Waals surface area contributed by atoms with Gasteiger partial charge in [0.05, 0.1) is 37.4 Å². The number of fused-ring (bicyclic) bond motifs is 11. The minimum absolute atomic E-state index is 0.0651. The van der Waals surface area contributed by atoms with Crippen LogP contribution in [-0.4, -0.2) is 116 Å². The van der Waals surface area contributed by atoms with Gasteiger partial charge in [0, 0.05) is 45.8 Å². The first-order chi connectivity index (χ1) is 55.1. The fraction of sp³-hybridized carbons (Fsp3) is 0.794. The molecule has 19 heteroatoms. The zero-order valence-corrected chi connectivity index (χ0v) is 72.0. The first-order valence-corrected chi connectivity index (χ1v) is 45.6. The lowest BCUT2D eigenvalue weighted by Crippen LogP contribution is -2.58. The van der Waals surface area contributed by atoms with Gasteiger partial charge in [0.15, 0.2) is 0 Å². The Morgan fingerprint density at radius 3 is 1.14 bits per heavy atom. The number of Topliss-reactive ketones (excluding diaryl/α,β-unsaturated/α-hetero) is 1. The predicted octanol–water partition coefficient (Wildman–Crippen LogP) is 18.9. The molecule has 0 aromatic carbocycles. The second kappa shape index (κ2) is 37.7. The van der Waals surface area contributed by atoms with Crippen LogP contribution in [0.1, 0.15) is 275 Å². The highest BCUT2D eigenvalue weighted by atomic mass is 16.7. The van der Waals surface area contributed by atoms with E-state index in [9.17, 15) is 38.4 Å². The van der Waals surface area contributed by atoms with Crippen LogP contribution in [0.4, 0.5) is 0 Å². The number of ketones is 1. The van der Waals surface area contributed by atoms with Crippen molar-refractivity contribution in [1.29, 1.82) is 0 Å². The molecule has 0 radical (unpaired) electrons. The summed E-state index contributed by atoms with van der Waals surface area (Å²) in [5.74, 6) is 16.5. The minimum atomic E-state index is -0.452. The summed E-state index contributed by atoms with van der Waals surface area (Å²) in [6.07, 6.45) is 40.1. The van der Waals surface area contributed by atoms with Crippen LogP contribution in [0.3, 0.4) is 0 Å². The zero-order chi connectivity index (χ0) is 82.9. The fourth-order valence-corrected chi connectivity index (χ4v) is 28.2. The van der Waals surface area contributed by atoms with E-state index in [1.54, 1.807) is 41.5 Å². The predicted molar refractivity (Wildman–Crippen MR) is 438 cm³/mol. The van der Waals surface area contributed by atoms with Gasteiger partial charge in [-0.25, -0.2) is 28.8 Å². The second-order valence-electron chi connectivity index (χ2n) is 40.9. The third kappa shape index (κ3) is 20.9. The molecule has 14 atom stereocenters. The van der Waals surface area contributed by atoms with Gasteiger partial charge in [0.2, 0.25) is 25.2 Å². The molecule has 22 bridgehead atoms. The van der Waals surface area contributed by atoms with Crippen molar-refractivity contribution in [1.82, 2.24) is 0 Å². The van der Waals surface area contributed by atoms with E-state index in [1.807, 2.05) is 20.8 Å². The molecule has 22 aliphatic carbocycles. The summed E-state index contributed by atoms with van der Waals surface area (Å²) in [4.78, 5) is 92.9. The summed E-state index contributed by atoms with van der Waals surface area (Å²) in [6, 6.07) is 0. The molecule has 22 saturated carbocycles. The number of hydrogen-bond acceptors (Lipinski definition) is 19. The lowest BCUT2D eigenvalue weighted by Gasteiger charge is -2.59. The molecule has 22 fully saturated rings. The van der Waals surface area contributed by atoms with Crippen molar-refractivity contribution in [3.05, 3.63) is 73.4 Å². The second-order valence-corrected chi connectivity index (χ2v) is 40.9. The van der Waals surface area contributed by atoms with Crippen molar-refractivity contribution in [2.45, 2.75) is 330 Å². The van der Waals surface area contributed by atoms with Crippen LogP contribution in [0.25, 0.3) is 0 Å². The van der Waals surface area contributed by atoms with Crippen molar-refractivity contribution >= 4 is 47.6 Å². The number of carbonyl (C=O) groups excluding carboxylic acids is 8. The molecule has 22 aliphatic rings. The minimum Gasteiger partial charge on any atom is -0.462 e. The summed E-state index contributed by atoms with van der Waals surface area (Å²) in [5.41, 5.74) is 1.66. The molecule has 0 spiro atoms. The molecule has 0 saturated heterocycles. The average Bonchev–Trinajstić information content (AvgIpc) is 1.62. The Kier molecular flexibility index (Phi) is 28.6. The van der Waals surface area contributed by atoms with Gasteiger partial charge in [-0.2, -0.15) is 0 Å². The van der Waals surface area contributed by atoms with Gasteiger partial charge in [0.1, 0.15) is 18.0 Å². The van der Waals surface area contributed by atoms with Gasteiger partial charge in [-0.15, -0.1) is 0 Å². The number of hydrogen-bond donors (Lipinski definition) is 0. The first-order valence-electron chi connectivity index (χ1n) is 45.6. The fourth-order valence-electron chi connectivity index (χ4n) is 28.2. The van der Waals surface area contributed by atoms with Crippen LogP contribution < -0.4 is 0 Å². The van der Waals surface area contributed by atoms with Gasteiger partial charge in [-0.1, -0.05) is 39.5 Å². The first kappa shape index (κ1) is 88.0. The quantitative estimate of drug-likeness (QED) is 0.0257. The van der Waals surface area contributed by atoms with Crippen LogP contribution in [-0.2, 0) is 90.5 Å². The summed E-state index contributed by atoms with van der Waals surface area (Å²) >= 11 is 0. The van der Waals surface area contributed by atoms with E-state index in [2.05, 4.69) is 46.4 Å². The van der Waals surface area contributed by atoms with Gasteiger partial charge in [-0.05, 0) is 398 Å². The molecule has 644 valence electrons. The van der Waals surface area contributed by atoms with Crippen LogP contribution in [0.15, 0.2) is 73.4 Å². The molecule has 0 aliphatic heterocycles. The summed E-state index contributed by atoms with van der Waals surface area (Å²) in [6.45, 7) is 39.1. The van der Waals surface area contributed by atoms with Crippen LogP contribution in [0, 0.1) is 142 Å². The normalized spacial score (nSPS) is 40.4. The van der Waals surface area contributed by atoms with E-state index in [1.165, 1.54) is 173 Å². The van der Waals surface area contributed by atoms with E-state index in [0.717, 1.165) is 120 Å². The number of esters is 7. The molecule has 19 nitrogen and oxygen atoms in total. The largest absolute Gasteiger partial charge is 0.462 e. The Balaban J connectivity index is 0.000000121. The Bertz CT molecular complexity index is 3520. The van der Waals surface area contributed by atoms with Crippen LogP contribution in [0.5, 0.6) is 0 Å². The Labute approximate surface area is 692 Å². The molecule has 14 unspecified atom stereocenters. The molecule has 0 aromatic heterocycles. The van der Waals surface area contributed by atoms with Gasteiger partial charge in [0.25, 0.3) is 0 Å². The molecule has 0 heterocycles. The van der Waals surface area contributed by atoms with E-state index >= 15 is 0 Å². The Morgan fingerprint density at radius 1 is 0.362 bits per heavy atom. The third-order valence-electron chi connectivity index (χ3n) is 31.9. The molecule has 0 aromatic rings. The van der Waals surface area contributed by atoms with Crippen molar-refractivity contribution in [2.24, 2.45) is 142 Å². The maximum absolute atomic E-state index is 12.6. The lowest BCUT2D eigenvalue weighted by molar-refractivity contribution is -0.217. The SMILES string of the molecule is C=C(C)C(=O)OC(C)OC1C2CC3CC(C2)CC1C3.C=C(C)C(=O)OC(C)OC1CC2CC1C1C3CCC(C3)C21.C=C(C)C(=O)OC(C)OC1CC2CCC1C2.C=C(C)C(=O)OCCC(=O)C12CC3CC(CC(C3)C1)C2.C=C(C)C(=O)OCCC(=O)OC1(C)C2CC3CC(C2)CC1C3.C=CC(=O)OC(C)OC1C2CC3CC(C2)CC1C3. The molecule has 116 heavy (non-hydrogen) atoms. The molecule has 0 amide bonds. The highest BCUT2D eigenvalue weighted by Gasteiger charge is 2.64. The number of ether oxygens (including phenoxy) is 11. The van der Waals surface area contributed by atoms with E-state index in [4.69, 9.17) is 52.1 Å². The van der Waals surface area contributed by atoms with E-state index < -0.39 is 37.1 Å². The Morgan fingerprint density at radius 2 is 0.733 bits per heavy atom. The Hall–Kier alpha value is -5.76. The van der Waals surface area contributed by atoms with Crippen LogP contribution >= 0.6 is 0 Å². The molecule has 22 rings (SSSR count). The standard InChI is InChI=1S/C18H26O4.C18H26O3.C17H24O3.C16H24O3.C15H22O3.C13H20O3/c1-11(2)17(20)21-5-4-16(19)22-18(3)14-7-12-6-13(9-14)10-15(18)8-12;1-9(2)18(19)21-10(3)20-15-8-13-7-14(15)17-12-5-4-11(6-12)16(13)17;1-11(2)16(19)20-4-3-15(18)17-8-12-5-13(9-17)7-14(6-12)10-17;1-9(2)16(17)19-10(3)18-15-13-5-11-4-12(7-13)8-14(15)6-11;1-3-14(16)17-9(2)18-15-12-5-10-4-11(7-12)8-13(15)6-10;1-8(2)13(14)16-9(3)15-12-7-10-4-5-11(12)6-10/h12-15H,1,4-10H2,2-3H3;10-17H,1,4-8H2,2-3H3;12-14H,1,3-10H2,2H3;10-15H,1,4-8H2,2-3H3;3,9-13,15H,1,4-8H2,2H3;9-12H,1,4-7H2,2-3H3.